The topological polar surface area (TPSA) is 78.1 Å². The molecule has 1 unspecified atom stereocenters. The Bertz CT molecular complexity index is 532. The summed E-state index contributed by atoms with van der Waals surface area (Å²) in [5.41, 5.74) is 0. The molecule has 0 radical (unpaired) electrons. The largest absolute Gasteiger partial charge is 0.332 e. The van der Waals surface area contributed by atoms with Crippen LogP contribution in [-0.2, 0) is 10.0 Å². The van der Waals surface area contributed by atoms with E-state index in [1.165, 1.54) is 12.6 Å². The van der Waals surface area contributed by atoms with Crippen LogP contribution >= 0.6 is 0 Å². The fourth-order valence-electron chi connectivity index (χ4n) is 2.54. The Hall–Kier alpha value is -0.920. The number of hydrogen-bond donors (Lipinski definition) is 2. The van der Waals surface area contributed by atoms with Crippen LogP contribution in [0.3, 0.4) is 0 Å². The van der Waals surface area contributed by atoms with Gasteiger partial charge in [0, 0.05) is 18.6 Å². The maximum absolute atomic E-state index is 12.7. The van der Waals surface area contributed by atoms with E-state index in [1.807, 2.05) is 13.8 Å². The van der Waals surface area contributed by atoms with Crippen molar-refractivity contribution in [1.29, 1.82) is 0 Å². The van der Waals surface area contributed by atoms with Crippen LogP contribution in [0.4, 0.5) is 0 Å². The van der Waals surface area contributed by atoms with Crippen LogP contribution in [0.5, 0.6) is 0 Å². The monoisotopic (exact) mass is 300 g/mol. The molecule has 2 heterocycles. The highest BCUT2D eigenvalue weighted by Crippen LogP contribution is 2.19. The second-order valence-electron chi connectivity index (χ2n) is 5.65. The summed E-state index contributed by atoms with van der Waals surface area (Å²) in [5.74, 6) is 0.614. The first-order chi connectivity index (χ1) is 9.41. The summed E-state index contributed by atoms with van der Waals surface area (Å²) < 4.78 is 26.9. The second kappa shape index (κ2) is 6.24. The van der Waals surface area contributed by atoms with E-state index >= 15 is 0 Å². The van der Waals surface area contributed by atoms with Gasteiger partial charge in [-0.1, -0.05) is 6.42 Å². The van der Waals surface area contributed by atoms with E-state index in [2.05, 4.69) is 15.3 Å². The van der Waals surface area contributed by atoms with E-state index in [-0.39, 0.29) is 17.1 Å². The summed E-state index contributed by atoms with van der Waals surface area (Å²) in [4.78, 5) is 6.82. The number of aromatic amines is 1. The van der Waals surface area contributed by atoms with Crippen LogP contribution in [0.2, 0.25) is 0 Å². The maximum atomic E-state index is 12.7. The molecule has 1 aliphatic heterocycles. The predicted molar refractivity (Wildman–Crippen MR) is 78.0 cm³/mol. The van der Waals surface area contributed by atoms with Crippen molar-refractivity contribution < 1.29 is 8.42 Å². The highest BCUT2D eigenvalue weighted by molar-refractivity contribution is 7.89. The highest BCUT2D eigenvalue weighted by Gasteiger charge is 2.31. The SMILES string of the molecule is Cc1ncc(S(=O)(=O)N(CC2CCCCN2)C(C)C)[nH]1. The molecule has 0 aromatic carbocycles. The van der Waals surface area contributed by atoms with E-state index in [9.17, 15) is 8.42 Å². The zero-order chi connectivity index (χ0) is 14.8. The Labute approximate surface area is 121 Å². The van der Waals surface area contributed by atoms with E-state index in [4.69, 9.17) is 0 Å². The average molecular weight is 300 g/mol. The molecule has 114 valence electrons. The predicted octanol–water partition coefficient (Wildman–Crippen LogP) is 1.26. The third-order valence-electron chi connectivity index (χ3n) is 3.65. The number of piperidine rings is 1. The Morgan fingerprint density at radius 1 is 1.45 bits per heavy atom. The molecule has 1 aromatic rings. The first-order valence-electron chi connectivity index (χ1n) is 7.18. The normalized spacial score (nSPS) is 20.8. The molecule has 0 amide bonds. The van der Waals surface area contributed by atoms with Crippen molar-refractivity contribution in [2.45, 2.75) is 57.1 Å². The van der Waals surface area contributed by atoms with Crippen molar-refractivity contribution in [3.63, 3.8) is 0 Å². The van der Waals surface area contributed by atoms with Gasteiger partial charge >= 0.3 is 0 Å². The maximum Gasteiger partial charge on any atom is 0.260 e. The minimum Gasteiger partial charge on any atom is -0.332 e. The number of aryl methyl sites for hydroxylation is 1. The lowest BCUT2D eigenvalue weighted by Crippen LogP contribution is -2.48. The number of aromatic nitrogens is 2. The number of imidazole rings is 1. The van der Waals surface area contributed by atoms with Crippen LogP contribution in [0.15, 0.2) is 11.2 Å². The van der Waals surface area contributed by atoms with E-state index in [0.717, 1.165) is 19.4 Å². The van der Waals surface area contributed by atoms with Crippen LogP contribution in [0, 0.1) is 6.92 Å². The fraction of sp³-hybridized carbons (Fsp3) is 0.769. The Balaban J connectivity index is 2.19. The molecule has 1 fully saturated rings. The summed E-state index contributed by atoms with van der Waals surface area (Å²) >= 11 is 0. The third-order valence-corrected chi connectivity index (χ3v) is 5.61. The average Bonchev–Trinajstić information content (AvgIpc) is 2.84. The van der Waals surface area contributed by atoms with E-state index in [0.29, 0.717) is 12.4 Å². The van der Waals surface area contributed by atoms with E-state index in [1.54, 1.807) is 11.2 Å². The lowest BCUT2D eigenvalue weighted by molar-refractivity contribution is 0.282. The van der Waals surface area contributed by atoms with Crippen molar-refractivity contribution in [3.8, 4) is 0 Å². The van der Waals surface area contributed by atoms with Crippen LogP contribution in [0.25, 0.3) is 0 Å². The van der Waals surface area contributed by atoms with E-state index < -0.39 is 10.0 Å². The van der Waals surface area contributed by atoms with Crippen molar-refractivity contribution in [2.24, 2.45) is 0 Å². The number of sulfonamides is 1. The zero-order valence-electron chi connectivity index (χ0n) is 12.4. The van der Waals surface area contributed by atoms with Crippen LogP contribution in [-0.4, -0.2) is 47.9 Å². The van der Waals surface area contributed by atoms with Gasteiger partial charge in [-0.25, -0.2) is 13.4 Å². The Morgan fingerprint density at radius 3 is 2.70 bits per heavy atom. The Kier molecular flexibility index (Phi) is 4.82. The second-order valence-corrected chi connectivity index (χ2v) is 7.51. The molecule has 2 N–H and O–H groups in total. The van der Waals surface area contributed by atoms with Gasteiger partial charge in [-0.15, -0.1) is 0 Å². The molecular weight excluding hydrogens is 276 g/mol. The molecule has 1 saturated heterocycles. The molecule has 2 rings (SSSR count). The van der Waals surface area contributed by atoms with Gasteiger partial charge in [0.1, 0.15) is 5.82 Å². The lowest BCUT2D eigenvalue weighted by atomic mass is 10.1. The molecule has 6 nitrogen and oxygen atoms in total. The lowest BCUT2D eigenvalue weighted by Gasteiger charge is -2.31. The number of nitrogens with one attached hydrogen (secondary N) is 2. The number of rotatable bonds is 5. The summed E-state index contributed by atoms with van der Waals surface area (Å²) in [7, 11) is -3.50. The number of nitrogens with zero attached hydrogens (tertiary/aromatic N) is 2. The number of hydrogen-bond acceptors (Lipinski definition) is 4. The number of H-pyrrole nitrogens is 1. The molecule has 1 aromatic heterocycles. The minimum absolute atomic E-state index is 0.0765. The van der Waals surface area contributed by atoms with Gasteiger partial charge in [0.25, 0.3) is 10.0 Å². The molecule has 0 bridgehead atoms. The van der Waals surface area contributed by atoms with Gasteiger partial charge in [-0.3, -0.25) is 0 Å². The van der Waals surface area contributed by atoms with Crippen molar-refractivity contribution in [1.82, 2.24) is 19.6 Å². The van der Waals surface area contributed by atoms with Crippen molar-refractivity contribution in [2.75, 3.05) is 13.1 Å². The van der Waals surface area contributed by atoms with Gasteiger partial charge < -0.3 is 10.3 Å². The van der Waals surface area contributed by atoms with Crippen molar-refractivity contribution >= 4 is 10.0 Å². The van der Waals surface area contributed by atoms with Gasteiger partial charge in [0.15, 0.2) is 5.03 Å². The third kappa shape index (κ3) is 3.39. The standard InChI is InChI=1S/C13H24N4O2S/c1-10(2)17(9-12-6-4-5-7-14-12)20(18,19)13-8-15-11(3)16-13/h8,10,12,14H,4-7,9H2,1-3H3,(H,15,16). The fourth-order valence-corrected chi connectivity index (χ4v) is 4.19. The van der Waals surface area contributed by atoms with Crippen molar-refractivity contribution in [3.05, 3.63) is 12.0 Å². The molecule has 7 heteroatoms. The van der Waals surface area contributed by atoms with Gasteiger partial charge in [0.05, 0.1) is 6.20 Å². The zero-order valence-corrected chi connectivity index (χ0v) is 13.2. The quantitative estimate of drug-likeness (QED) is 0.858. The smallest absolute Gasteiger partial charge is 0.260 e. The first-order valence-corrected chi connectivity index (χ1v) is 8.62. The molecular formula is C13H24N4O2S. The summed E-state index contributed by atoms with van der Waals surface area (Å²) in [6.45, 7) is 7.05. The van der Waals surface area contributed by atoms with Gasteiger partial charge in [-0.05, 0) is 40.2 Å². The molecule has 0 spiro atoms. The van der Waals surface area contributed by atoms with Crippen LogP contribution in [0.1, 0.15) is 38.9 Å². The molecule has 20 heavy (non-hydrogen) atoms. The molecule has 0 aliphatic carbocycles. The Morgan fingerprint density at radius 2 is 2.20 bits per heavy atom. The minimum atomic E-state index is -3.50. The summed E-state index contributed by atoms with van der Waals surface area (Å²) in [5, 5.41) is 3.58. The highest BCUT2D eigenvalue weighted by atomic mass is 32.2. The summed E-state index contributed by atoms with van der Waals surface area (Å²) in [6.07, 6.45) is 4.76. The van der Waals surface area contributed by atoms with Crippen LogP contribution < -0.4 is 5.32 Å². The van der Waals surface area contributed by atoms with Gasteiger partial charge in [-0.2, -0.15) is 4.31 Å². The first kappa shape index (κ1) is 15.5. The van der Waals surface area contributed by atoms with Gasteiger partial charge in [0.2, 0.25) is 0 Å². The molecule has 1 atom stereocenters. The molecule has 1 aliphatic rings. The summed E-state index contributed by atoms with van der Waals surface area (Å²) in [6, 6.07) is 0.164. The molecule has 0 saturated carbocycles.